The molecule has 2 aromatic rings. The fraction of sp³-hybridized carbons (Fsp3) is 0.222. The Morgan fingerprint density at radius 3 is 2.58 bits per heavy atom. The number of fused-ring (bicyclic) bond motifs is 1. The van der Waals surface area contributed by atoms with E-state index in [2.05, 4.69) is 10.6 Å². The molecule has 0 unspecified atom stereocenters. The first-order valence-electron chi connectivity index (χ1n) is 7.58. The average molecular weight is 326 g/mol. The van der Waals surface area contributed by atoms with Crippen LogP contribution in [0.5, 0.6) is 11.5 Å². The van der Waals surface area contributed by atoms with Gasteiger partial charge in [-0.1, -0.05) is 6.07 Å². The van der Waals surface area contributed by atoms with Gasteiger partial charge in [0.2, 0.25) is 12.7 Å². The van der Waals surface area contributed by atoms with Crippen LogP contribution in [0.1, 0.15) is 21.5 Å². The third kappa shape index (κ3) is 3.48. The lowest BCUT2D eigenvalue weighted by Gasteiger charge is -2.08. The van der Waals surface area contributed by atoms with Crippen LogP contribution in [0.25, 0.3) is 0 Å². The molecule has 0 spiro atoms. The monoisotopic (exact) mass is 326 g/mol. The molecule has 3 rings (SSSR count). The molecule has 1 aliphatic rings. The van der Waals surface area contributed by atoms with Gasteiger partial charge in [-0.2, -0.15) is 0 Å². The lowest BCUT2D eigenvalue weighted by molar-refractivity contribution is -0.115. The highest BCUT2D eigenvalue weighted by molar-refractivity contribution is 5.99. The second-order valence-electron chi connectivity index (χ2n) is 5.60. The summed E-state index contributed by atoms with van der Waals surface area (Å²) in [7, 11) is 0. The van der Waals surface area contributed by atoms with Crippen LogP contribution in [0.2, 0.25) is 0 Å². The fourth-order valence-corrected chi connectivity index (χ4v) is 2.32. The van der Waals surface area contributed by atoms with E-state index in [1.807, 2.05) is 19.9 Å². The molecular formula is C18H18N2O4. The Balaban J connectivity index is 1.55. The first-order valence-corrected chi connectivity index (χ1v) is 7.58. The molecule has 2 amide bonds. The first kappa shape index (κ1) is 15.9. The van der Waals surface area contributed by atoms with Crippen molar-refractivity contribution in [1.82, 2.24) is 5.32 Å². The number of nitrogens with one attached hydrogen (secondary N) is 2. The third-order valence-corrected chi connectivity index (χ3v) is 3.83. The molecule has 0 bridgehead atoms. The third-order valence-electron chi connectivity index (χ3n) is 3.83. The molecule has 0 fully saturated rings. The maximum absolute atomic E-state index is 12.1. The average Bonchev–Trinajstić information content (AvgIpc) is 3.03. The van der Waals surface area contributed by atoms with E-state index in [1.165, 1.54) is 0 Å². The topological polar surface area (TPSA) is 76.7 Å². The van der Waals surface area contributed by atoms with E-state index in [-0.39, 0.29) is 25.2 Å². The smallest absolute Gasteiger partial charge is 0.251 e. The van der Waals surface area contributed by atoms with Crippen molar-refractivity contribution in [1.29, 1.82) is 0 Å². The Bertz CT molecular complexity index is 802. The maximum atomic E-state index is 12.1. The molecular weight excluding hydrogens is 308 g/mol. The summed E-state index contributed by atoms with van der Waals surface area (Å²) in [5, 5.41) is 5.32. The first-order chi connectivity index (χ1) is 11.5. The molecule has 1 heterocycles. The quantitative estimate of drug-likeness (QED) is 0.904. The van der Waals surface area contributed by atoms with Crippen molar-refractivity contribution in [3.05, 3.63) is 53.1 Å². The van der Waals surface area contributed by atoms with Crippen LogP contribution in [-0.2, 0) is 4.79 Å². The van der Waals surface area contributed by atoms with E-state index in [9.17, 15) is 9.59 Å². The normalized spacial score (nSPS) is 11.9. The number of anilines is 1. The predicted molar refractivity (Wildman–Crippen MR) is 89.4 cm³/mol. The van der Waals surface area contributed by atoms with Gasteiger partial charge in [0.1, 0.15) is 0 Å². The van der Waals surface area contributed by atoms with Crippen molar-refractivity contribution >= 4 is 17.5 Å². The van der Waals surface area contributed by atoms with Crippen molar-refractivity contribution < 1.29 is 19.1 Å². The lowest BCUT2D eigenvalue weighted by atomic mass is 10.1. The zero-order chi connectivity index (χ0) is 17.1. The number of hydrogen-bond acceptors (Lipinski definition) is 4. The molecule has 1 aliphatic heterocycles. The van der Waals surface area contributed by atoms with Gasteiger partial charge in [0.05, 0.1) is 6.54 Å². The van der Waals surface area contributed by atoms with Crippen LogP contribution in [0.3, 0.4) is 0 Å². The number of ether oxygens (including phenoxy) is 2. The minimum absolute atomic E-state index is 0.111. The fourth-order valence-electron chi connectivity index (χ4n) is 2.32. The summed E-state index contributed by atoms with van der Waals surface area (Å²) in [5.74, 6) is 0.646. The lowest BCUT2D eigenvalue weighted by Crippen LogP contribution is -2.32. The molecule has 6 nitrogen and oxygen atoms in total. The molecule has 0 radical (unpaired) electrons. The minimum Gasteiger partial charge on any atom is -0.454 e. The Kier molecular flexibility index (Phi) is 4.37. The van der Waals surface area contributed by atoms with Crippen LogP contribution in [0, 0.1) is 13.8 Å². The Labute approximate surface area is 139 Å². The van der Waals surface area contributed by atoms with E-state index in [4.69, 9.17) is 9.47 Å². The second kappa shape index (κ2) is 6.62. The van der Waals surface area contributed by atoms with Gasteiger partial charge in [0, 0.05) is 17.3 Å². The summed E-state index contributed by atoms with van der Waals surface area (Å²) in [6, 6.07) is 10.6. The highest BCUT2D eigenvalue weighted by Gasteiger charge is 2.14. The SMILES string of the molecule is Cc1ccc(C(=O)NCC(=O)Nc2ccc3c(c2)OCO3)cc1C. The number of benzene rings is 2. The van der Waals surface area contributed by atoms with Crippen LogP contribution >= 0.6 is 0 Å². The predicted octanol–water partition coefficient (Wildman–Crippen LogP) is 2.40. The summed E-state index contributed by atoms with van der Waals surface area (Å²) < 4.78 is 10.5. The molecule has 2 aromatic carbocycles. The van der Waals surface area contributed by atoms with Crippen molar-refractivity contribution in [2.24, 2.45) is 0 Å². The van der Waals surface area contributed by atoms with Crippen LogP contribution in [0.4, 0.5) is 5.69 Å². The highest BCUT2D eigenvalue weighted by atomic mass is 16.7. The van der Waals surface area contributed by atoms with Gasteiger partial charge in [0.15, 0.2) is 11.5 Å². The Morgan fingerprint density at radius 1 is 1.00 bits per heavy atom. The van der Waals surface area contributed by atoms with E-state index in [1.54, 1.807) is 30.3 Å². The van der Waals surface area contributed by atoms with Crippen molar-refractivity contribution in [2.45, 2.75) is 13.8 Å². The van der Waals surface area contributed by atoms with Gasteiger partial charge in [0.25, 0.3) is 5.91 Å². The van der Waals surface area contributed by atoms with E-state index in [0.717, 1.165) is 11.1 Å². The summed E-state index contributed by atoms with van der Waals surface area (Å²) in [4.78, 5) is 24.1. The van der Waals surface area contributed by atoms with Crippen molar-refractivity contribution in [3.8, 4) is 11.5 Å². The minimum atomic E-state index is -0.314. The standard InChI is InChI=1S/C18H18N2O4/c1-11-3-4-13(7-12(11)2)18(22)19-9-17(21)20-14-5-6-15-16(8-14)24-10-23-15/h3-8H,9-10H2,1-2H3,(H,19,22)(H,20,21). The number of rotatable bonds is 4. The zero-order valence-corrected chi connectivity index (χ0v) is 13.5. The Hall–Kier alpha value is -3.02. The summed E-state index contributed by atoms with van der Waals surface area (Å²) >= 11 is 0. The van der Waals surface area contributed by atoms with E-state index < -0.39 is 0 Å². The largest absolute Gasteiger partial charge is 0.454 e. The highest BCUT2D eigenvalue weighted by Crippen LogP contribution is 2.34. The Morgan fingerprint density at radius 2 is 1.79 bits per heavy atom. The molecule has 6 heteroatoms. The van der Waals surface area contributed by atoms with Gasteiger partial charge < -0.3 is 20.1 Å². The number of carbonyl (C=O) groups is 2. The number of amides is 2. The number of carbonyl (C=O) groups excluding carboxylic acids is 2. The maximum Gasteiger partial charge on any atom is 0.251 e. The molecule has 24 heavy (non-hydrogen) atoms. The summed E-state index contributed by atoms with van der Waals surface area (Å²) in [6.45, 7) is 3.99. The number of aryl methyl sites for hydroxylation is 2. The molecule has 124 valence electrons. The van der Waals surface area contributed by atoms with Gasteiger partial charge in [-0.3, -0.25) is 9.59 Å². The van der Waals surface area contributed by atoms with Gasteiger partial charge >= 0.3 is 0 Å². The van der Waals surface area contributed by atoms with Gasteiger partial charge in [-0.25, -0.2) is 0 Å². The molecule has 0 saturated heterocycles. The molecule has 2 N–H and O–H groups in total. The molecule has 0 atom stereocenters. The van der Waals surface area contributed by atoms with Crippen molar-refractivity contribution in [2.75, 3.05) is 18.7 Å². The van der Waals surface area contributed by atoms with Crippen LogP contribution in [0.15, 0.2) is 36.4 Å². The molecule has 0 aliphatic carbocycles. The van der Waals surface area contributed by atoms with Crippen LogP contribution in [-0.4, -0.2) is 25.2 Å². The number of hydrogen-bond donors (Lipinski definition) is 2. The second-order valence-corrected chi connectivity index (χ2v) is 5.60. The van der Waals surface area contributed by atoms with E-state index in [0.29, 0.717) is 22.7 Å². The van der Waals surface area contributed by atoms with Crippen LogP contribution < -0.4 is 20.1 Å². The zero-order valence-electron chi connectivity index (χ0n) is 13.5. The van der Waals surface area contributed by atoms with Gasteiger partial charge in [-0.05, 0) is 49.2 Å². The van der Waals surface area contributed by atoms with Gasteiger partial charge in [-0.15, -0.1) is 0 Å². The van der Waals surface area contributed by atoms with Crippen molar-refractivity contribution in [3.63, 3.8) is 0 Å². The molecule has 0 saturated carbocycles. The van der Waals surface area contributed by atoms with E-state index >= 15 is 0 Å². The summed E-state index contributed by atoms with van der Waals surface area (Å²) in [5.41, 5.74) is 3.28. The summed E-state index contributed by atoms with van der Waals surface area (Å²) in [6.07, 6.45) is 0. The molecule has 0 aromatic heterocycles.